The summed E-state index contributed by atoms with van der Waals surface area (Å²) in [7, 11) is -3.93. The summed E-state index contributed by atoms with van der Waals surface area (Å²) in [5.74, 6) is -0.898. The van der Waals surface area contributed by atoms with Gasteiger partial charge in [0.05, 0.1) is 16.7 Å². The lowest BCUT2D eigenvalue weighted by Gasteiger charge is -2.31. The lowest BCUT2D eigenvalue weighted by Crippen LogP contribution is -2.42. The molecule has 8 heteroatoms. The van der Waals surface area contributed by atoms with E-state index in [0.29, 0.717) is 36.4 Å². The van der Waals surface area contributed by atoms with Crippen molar-refractivity contribution in [1.29, 1.82) is 0 Å². The minimum atomic E-state index is -3.93. The molecule has 1 N–H and O–H groups in total. The van der Waals surface area contributed by atoms with Crippen LogP contribution in [0.15, 0.2) is 47.4 Å². The third kappa shape index (κ3) is 4.18. The number of nitrogens with zero attached hydrogens (tertiary/aromatic N) is 1. The van der Waals surface area contributed by atoms with Gasteiger partial charge < -0.3 is 10.1 Å². The normalized spacial score (nSPS) is 14.5. The van der Waals surface area contributed by atoms with Crippen LogP contribution >= 0.6 is 0 Å². The second-order valence-electron chi connectivity index (χ2n) is 6.79. The minimum Gasteiger partial charge on any atom is -0.379 e. The molecule has 2 aromatic carbocycles. The van der Waals surface area contributed by atoms with Crippen molar-refractivity contribution in [2.75, 3.05) is 24.0 Å². The van der Waals surface area contributed by atoms with E-state index in [2.05, 4.69) is 5.32 Å². The van der Waals surface area contributed by atoms with Crippen molar-refractivity contribution in [2.45, 2.75) is 31.3 Å². The maximum atomic E-state index is 13.8. The first-order valence-electron chi connectivity index (χ1n) is 9.10. The van der Waals surface area contributed by atoms with Crippen molar-refractivity contribution in [3.05, 3.63) is 48.3 Å². The number of amides is 1. The summed E-state index contributed by atoms with van der Waals surface area (Å²) >= 11 is 0. The number of anilines is 1. The number of rotatable bonds is 7. The van der Waals surface area contributed by atoms with E-state index < -0.39 is 21.7 Å². The van der Waals surface area contributed by atoms with E-state index in [4.69, 9.17) is 4.74 Å². The molecule has 0 radical (unpaired) electrons. The van der Waals surface area contributed by atoms with E-state index in [-0.39, 0.29) is 17.5 Å². The molecule has 0 saturated heterocycles. The van der Waals surface area contributed by atoms with E-state index >= 15 is 0 Å². The molecular weight excluding hydrogens is 383 g/mol. The third-order valence-corrected chi connectivity index (χ3v) is 6.17. The number of nitrogens with one attached hydrogen (secondary N) is 1. The van der Waals surface area contributed by atoms with E-state index in [1.54, 1.807) is 18.2 Å². The van der Waals surface area contributed by atoms with Gasteiger partial charge in [-0.25, -0.2) is 12.8 Å². The molecular formula is C20H23FN2O4S. The lowest BCUT2D eigenvalue weighted by molar-refractivity contribution is -0.119. The molecule has 2 aromatic rings. The molecule has 1 amide bonds. The fourth-order valence-electron chi connectivity index (χ4n) is 3.08. The molecule has 0 aromatic heterocycles. The monoisotopic (exact) mass is 406 g/mol. The van der Waals surface area contributed by atoms with Crippen LogP contribution in [0.25, 0.3) is 11.1 Å². The summed E-state index contributed by atoms with van der Waals surface area (Å²) in [5, 5.41) is 2.71. The summed E-state index contributed by atoms with van der Waals surface area (Å²) in [5.41, 5.74) is 1.17. The molecule has 3 rings (SSSR count). The Morgan fingerprint density at radius 3 is 2.68 bits per heavy atom. The second-order valence-corrected chi connectivity index (χ2v) is 8.62. The predicted molar refractivity (Wildman–Crippen MR) is 105 cm³/mol. The Balaban J connectivity index is 1.81. The number of sulfonamides is 1. The van der Waals surface area contributed by atoms with Gasteiger partial charge in [0.15, 0.2) is 0 Å². The smallest absolute Gasteiger partial charge is 0.265 e. The van der Waals surface area contributed by atoms with Gasteiger partial charge in [0.1, 0.15) is 12.4 Å². The van der Waals surface area contributed by atoms with Gasteiger partial charge in [-0.2, -0.15) is 0 Å². The van der Waals surface area contributed by atoms with Gasteiger partial charge in [-0.05, 0) is 44.5 Å². The fourth-order valence-corrected chi connectivity index (χ4v) is 4.73. The third-order valence-electron chi connectivity index (χ3n) is 4.35. The summed E-state index contributed by atoms with van der Waals surface area (Å²) in [6.07, 6.45) is 0.743. The highest BCUT2D eigenvalue weighted by molar-refractivity contribution is 7.93. The van der Waals surface area contributed by atoms with Gasteiger partial charge in [0.25, 0.3) is 10.0 Å². The fraction of sp³-hybridized carbons (Fsp3) is 0.350. The van der Waals surface area contributed by atoms with Crippen LogP contribution in [0.4, 0.5) is 10.1 Å². The zero-order valence-corrected chi connectivity index (χ0v) is 16.6. The number of fused-ring (bicyclic) bond motifs is 3. The van der Waals surface area contributed by atoms with Crippen LogP contribution in [-0.4, -0.2) is 40.1 Å². The SMILES string of the molecule is CC(C)OCCCNC(=O)CN1c2ccc(F)cc2-c2ccccc2S1(=O)=O. The molecule has 1 aliphatic heterocycles. The minimum absolute atomic E-state index is 0.0613. The zero-order chi connectivity index (χ0) is 20.3. The Kier molecular flexibility index (Phi) is 6.00. The molecule has 0 saturated carbocycles. The van der Waals surface area contributed by atoms with Gasteiger partial charge >= 0.3 is 0 Å². The highest BCUT2D eigenvalue weighted by Crippen LogP contribution is 2.42. The molecule has 1 aliphatic rings. The van der Waals surface area contributed by atoms with Gasteiger partial charge in [-0.15, -0.1) is 0 Å². The van der Waals surface area contributed by atoms with Gasteiger partial charge in [-0.3, -0.25) is 9.10 Å². The highest BCUT2D eigenvalue weighted by atomic mass is 32.2. The average Bonchev–Trinajstić information content (AvgIpc) is 2.65. The number of halogens is 1. The molecule has 1 heterocycles. The molecule has 28 heavy (non-hydrogen) atoms. The number of carbonyl (C=O) groups is 1. The molecule has 0 unspecified atom stereocenters. The Labute approximate surface area is 164 Å². The zero-order valence-electron chi connectivity index (χ0n) is 15.8. The van der Waals surface area contributed by atoms with Crippen LogP contribution in [0.2, 0.25) is 0 Å². The number of hydrogen-bond acceptors (Lipinski definition) is 4. The molecule has 0 bridgehead atoms. The maximum absolute atomic E-state index is 13.8. The van der Waals surface area contributed by atoms with Crippen molar-refractivity contribution in [2.24, 2.45) is 0 Å². The van der Waals surface area contributed by atoms with E-state index in [1.807, 2.05) is 13.8 Å². The number of hydrogen-bond donors (Lipinski definition) is 1. The van der Waals surface area contributed by atoms with Crippen LogP contribution in [-0.2, 0) is 19.6 Å². The van der Waals surface area contributed by atoms with E-state index in [9.17, 15) is 17.6 Å². The molecule has 0 aliphatic carbocycles. The van der Waals surface area contributed by atoms with Crippen molar-refractivity contribution >= 4 is 21.6 Å². The van der Waals surface area contributed by atoms with Crippen molar-refractivity contribution in [1.82, 2.24) is 5.32 Å². The standard InChI is InChI=1S/C20H23FN2O4S/c1-14(2)27-11-5-10-22-20(24)13-23-18-9-8-15(21)12-17(18)16-6-3-4-7-19(16)28(23,25)26/h3-4,6-9,12,14H,5,10-11,13H2,1-2H3,(H,22,24). The van der Waals surface area contributed by atoms with Gasteiger partial charge in [0.2, 0.25) is 5.91 Å². The van der Waals surface area contributed by atoms with Crippen LogP contribution in [0.5, 0.6) is 0 Å². The molecule has 0 spiro atoms. The lowest BCUT2D eigenvalue weighted by atomic mass is 10.0. The number of benzene rings is 2. The number of carbonyl (C=O) groups excluding carboxylic acids is 1. The largest absolute Gasteiger partial charge is 0.379 e. The maximum Gasteiger partial charge on any atom is 0.265 e. The summed E-state index contributed by atoms with van der Waals surface area (Å²) < 4.78 is 46.4. The second kappa shape index (κ2) is 8.28. The average molecular weight is 406 g/mol. The highest BCUT2D eigenvalue weighted by Gasteiger charge is 2.35. The summed E-state index contributed by atoms with van der Waals surface area (Å²) in [6, 6.07) is 10.3. The first-order valence-corrected chi connectivity index (χ1v) is 10.5. The van der Waals surface area contributed by atoms with Crippen LogP contribution in [0.3, 0.4) is 0 Å². The van der Waals surface area contributed by atoms with Crippen molar-refractivity contribution in [3.8, 4) is 11.1 Å². The Hall–Kier alpha value is -2.45. The van der Waals surface area contributed by atoms with E-state index in [1.165, 1.54) is 24.3 Å². The van der Waals surface area contributed by atoms with E-state index in [0.717, 1.165) is 4.31 Å². The Morgan fingerprint density at radius 1 is 1.18 bits per heavy atom. The molecule has 0 fully saturated rings. The predicted octanol–water partition coefficient (Wildman–Crippen LogP) is 2.93. The topological polar surface area (TPSA) is 75.7 Å². The summed E-state index contributed by atoms with van der Waals surface area (Å²) in [6.45, 7) is 4.37. The molecule has 150 valence electrons. The van der Waals surface area contributed by atoms with Crippen molar-refractivity contribution < 1.29 is 22.3 Å². The van der Waals surface area contributed by atoms with Crippen LogP contribution in [0, 0.1) is 5.82 Å². The number of ether oxygens (including phenoxy) is 1. The first kappa shape index (κ1) is 20.3. The van der Waals surface area contributed by atoms with Crippen LogP contribution in [0.1, 0.15) is 20.3 Å². The molecule has 6 nitrogen and oxygen atoms in total. The van der Waals surface area contributed by atoms with Gasteiger partial charge in [0, 0.05) is 24.3 Å². The first-order chi connectivity index (χ1) is 13.3. The quantitative estimate of drug-likeness (QED) is 0.718. The van der Waals surface area contributed by atoms with Crippen molar-refractivity contribution in [3.63, 3.8) is 0 Å². The summed E-state index contributed by atoms with van der Waals surface area (Å²) in [4.78, 5) is 12.4. The Bertz CT molecular complexity index is 976. The Morgan fingerprint density at radius 2 is 1.93 bits per heavy atom. The van der Waals surface area contributed by atoms with Crippen LogP contribution < -0.4 is 9.62 Å². The van der Waals surface area contributed by atoms with Gasteiger partial charge in [-0.1, -0.05) is 18.2 Å². The molecule has 0 atom stereocenters.